The van der Waals surface area contributed by atoms with Crippen LogP contribution in [0, 0.1) is 17.4 Å². The Labute approximate surface area is 138 Å². The molecule has 1 aliphatic heterocycles. The molecule has 1 saturated carbocycles. The first-order valence-corrected chi connectivity index (χ1v) is 11.4. The summed E-state index contributed by atoms with van der Waals surface area (Å²) in [5, 5.41) is 0. The third-order valence-corrected chi connectivity index (χ3v) is 12.2. The molecule has 2 nitrogen and oxygen atoms in total. The standard InChI is InChI=1S/C19H34O2Si/c1-15(2)22(16(3)4,17(5)6)14-9-18-7-10-19(11-8-18)20-12-13-21-19/h15-18H,7-8,10-13H2,1-6H3. The maximum absolute atomic E-state index is 5.83. The van der Waals surface area contributed by atoms with E-state index in [1.165, 1.54) is 0 Å². The summed E-state index contributed by atoms with van der Waals surface area (Å²) in [6.45, 7) is 15.8. The van der Waals surface area contributed by atoms with Crippen LogP contribution in [-0.4, -0.2) is 27.1 Å². The molecule has 0 bridgehead atoms. The lowest BCUT2D eigenvalue weighted by Gasteiger charge is -2.38. The molecular formula is C19H34O2Si. The van der Waals surface area contributed by atoms with Gasteiger partial charge in [-0.05, 0) is 29.5 Å². The van der Waals surface area contributed by atoms with Gasteiger partial charge in [0.2, 0.25) is 0 Å². The van der Waals surface area contributed by atoms with E-state index < -0.39 is 8.07 Å². The molecule has 0 aromatic carbocycles. The van der Waals surface area contributed by atoms with Gasteiger partial charge < -0.3 is 9.47 Å². The quantitative estimate of drug-likeness (QED) is 0.529. The predicted octanol–water partition coefficient (Wildman–Crippen LogP) is 5.14. The lowest BCUT2D eigenvalue weighted by molar-refractivity contribution is -0.180. The largest absolute Gasteiger partial charge is 0.348 e. The Hall–Kier alpha value is -0.303. The van der Waals surface area contributed by atoms with Crippen LogP contribution < -0.4 is 0 Å². The Morgan fingerprint density at radius 1 is 0.864 bits per heavy atom. The molecule has 1 saturated heterocycles. The first-order chi connectivity index (χ1) is 10.3. The van der Waals surface area contributed by atoms with Crippen molar-refractivity contribution < 1.29 is 9.47 Å². The van der Waals surface area contributed by atoms with E-state index in [4.69, 9.17) is 9.47 Å². The minimum absolute atomic E-state index is 0.249. The summed E-state index contributed by atoms with van der Waals surface area (Å²) in [5.74, 6) is 4.01. The van der Waals surface area contributed by atoms with E-state index in [1.807, 2.05) is 0 Å². The summed E-state index contributed by atoms with van der Waals surface area (Å²) in [6.07, 6.45) is 4.30. The molecule has 0 amide bonds. The molecule has 126 valence electrons. The first kappa shape index (κ1) is 18.0. The summed E-state index contributed by atoms with van der Waals surface area (Å²) in [6, 6.07) is 0. The van der Waals surface area contributed by atoms with E-state index in [9.17, 15) is 0 Å². The molecule has 1 aliphatic carbocycles. The zero-order valence-corrected chi connectivity index (χ0v) is 16.4. The molecule has 0 atom stereocenters. The first-order valence-electron chi connectivity index (χ1n) is 9.13. The lowest BCUT2D eigenvalue weighted by atomic mass is 9.86. The second kappa shape index (κ2) is 7.07. The van der Waals surface area contributed by atoms with Crippen LogP contribution in [0.3, 0.4) is 0 Å². The smallest absolute Gasteiger partial charge is 0.168 e. The number of ether oxygens (including phenoxy) is 2. The monoisotopic (exact) mass is 322 g/mol. The molecule has 0 radical (unpaired) electrons. The van der Waals surface area contributed by atoms with Crippen LogP contribution in [0.4, 0.5) is 0 Å². The van der Waals surface area contributed by atoms with Crippen molar-refractivity contribution in [1.29, 1.82) is 0 Å². The Morgan fingerprint density at radius 2 is 1.32 bits per heavy atom. The van der Waals surface area contributed by atoms with Gasteiger partial charge in [-0.2, -0.15) is 0 Å². The van der Waals surface area contributed by atoms with Crippen LogP contribution in [0.2, 0.25) is 16.6 Å². The predicted molar refractivity (Wildman–Crippen MR) is 95.4 cm³/mol. The van der Waals surface area contributed by atoms with Crippen LogP contribution >= 0.6 is 0 Å². The Morgan fingerprint density at radius 3 is 1.73 bits per heavy atom. The maximum Gasteiger partial charge on any atom is 0.168 e. The van der Waals surface area contributed by atoms with Gasteiger partial charge in [0.1, 0.15) is 8.07 Å². The van der Waals surface area contributed by atoms with Crippen molar-refractivity contribution in [1.82, 2.24) is 0 Å². The third kappa shape index (κ3) is 3.45. The molecule has 2 fully saturated rings. The highest BCUT2D eigenvalue weighted by Crippen LogP contribution is 2.42. The molecule has 1 spiro atoms. The highest BCUT2D eigenvalue weighted by Gasteiger charge is 2.43. The van der Waals surface area contributed by atoms with Gasteiger partial charge in [-0.15, -0.1) is 11.5 Å². The Kier molecular flexibility index (Phi) is 5.80. The topological polar surface area (TPSA) is 18.5 Å². The molecule has 0 aromatic heterocycles. The normalized spacial score (nSPS) is 22.6. The molecular weight excluding hydrogens is 288 g/mol. The fourth-order valence-electron chi connectivity index (χ4n) is 4.65. The zero-order valence-electron chi connectivity index (χ0n) is 15.4. The summed E-state index contributed by atoms with van der Waals surface area (Å²) in [4.78, 5) is 0. The fourth-order valence-corrected chi connectivity index (χ4v) is 9.97. The maximum atomic E-state index is 5.83. The van der Waals surface area contributed by atoms with Crippen molar-refractivity contribution >= 4 is 8.07 Å². The van der Waals surface area contributed by atoms with Crippen molar-refractivity contribution in [2.45, 2.75) is 89.6 Å². The van der Waals surface area contributed by atoms with E-state index >= 15 is 0 Å². The summed E-state index contributed by atoms with van der Waals surface area (Å²) >= 11 is 0. The van der Waals surface area contributed by atoms with Gasteiger partial charge in [0.15, 0.2) is 5.79 Å². The van der Waals surface area contributed by atoms with E-state index in [0.717, 1.165) is 55.5 Å². The molecule has 22 heavy (non-hydrogen) atoms. The van der Waals surface area contributed by atoms with Gasteiger partial charge in [-0.25, -0.2) is 0 Å². The Balaban J connectivity index is 2.07. The summed E-state index contributed by atoms with van der Waals surface area (Å²) < 4.78 is 11.7. The Bertz CT molecular complexity index is 393. The van der Waals surface area contributed by atoms with Crippen molar-refractivity contribution in [2.24, 2.45) is 5.92 Å². The van der Waals surface area contributed by atoms with Gasteiger partial charge in [-0.3, -0.25) is 0 Å². The molecule has 2 aliphatic rings. The van der Waals surface area contributed by atoms with Crippen molar-refractivity contribution in [3.8, 4) is 11.5 Å². The van der Waals surface area contributed by atoms with Gasteiger partial charge in [0.05, 0.1) is 13.2 Å². The van der Waals surface area contributed by atoms with Crippen LogP contribution in [0.15, 0.2) is 0 Å². The molecule has 1 heterocycles. The average molecular weight is 323 g/mol. The highest BCUT2D eigenvalue weighted by molar-refractivity contribution is 6.90. The van der Waals surface area contributed by atoms with Crippen LogP contribution in [0.25, 0.3) is 0 Å². The SMILES string of the molecule is CC(C)[Si](C#CC1CCC2(CC1)OCCO2)(C(C)C)C(C)C. The molecule has 0 aromatic rings. The molecule has 2 rings (SSSR count). The molecule has 0 N–H and O–H groups in total. The van der Waals surface area contributed by atoms with Crippen molar-refractivity contribution in [3.05, 3.63) is 0 Å². The highest BCUT2D eigenvalue weighted by atomic mass is 28.3. The second-order valence-electron chi connectivity index (χ2n) is 8.05. The molecule has 0 unspecified atom stereocenters. The third-order valence-electron chi connectivity index (χ3n) is 5.92. The van der Waals surface area contributed by atoms with E-state index in [-0.39, 0.29) is 5.79 Å². The van der Waals surface area contributed by atoms with Crippen molar-refractivity contribution in [2.75, 3.05) is 13.2 Å². The van der Waals surface area contributed by atoms with Gasteiger partial charge in [-0.1, -0.05) is 41.5 Å². The average Bonchev–Trinajstić information content (AvgIpc) is 2.89. The minimum Gasteiger partial charge on any atom is -0.348 e. The van der Waals surface area contributed by atoms with Crippen LogP contribution in [0.1, 0.15) is 67.2 Å². The van der Waals surface area contributed by atoms with Crippen LogP contribution in [0.5, 0.6) is 0 Å². The van der Waals surface area contributed by atoms with E-state index in [2.05, 4.69) is 53.0 Å². The van der Waals surface area contributed by atoms with Crippen LogP contribution in [-0.2, 0) is 9.47 Å². The van der Waals surface area contributed by atoms with E-state index in [1.54, 1.807) is 0 Å². The van der Waals surface area contributed by atoms with Gasteiger partial charge in [0, 0.05) is 18.8 Å². The number of hydrogen-bond donors (Lipinski definition) is 0. The zero-order chi connectivity index (χ0) is 16.4. The fraction of sp³-hybridized carbons (Fsp3) is 0.895. The van der Waals surface area contributed by atoms with E-state index in [0.29, 0.717) is 5.92 Å². The lowest BCUT2D eigenvalue weighted by Crippen LogP contribution is -2.43. The number of rotatable bonds is 3. The summed E-state index contributed by atoms with van der Waals surface area (Å²) in [7, 11) is -1.58. The van der Waals surface area contributed by atoms with Crippen molar-refractivity contribution in [3.63, 3.8) is 0 Å². The second-order valence-corrected chi connectivity index (χ2v) is 13.6. The molecule has 3 heteroatoms. The van der Waals surface area contributed by atoms with Gasteiger partial charge >= 0.3 is 0 Å². The van der Waals surface area contributed by atoms with Gasteiger partial charge in [0.25, 0.3) is 0 Å². The number of hydrogen-bond acceptors (Lipinski definition) is 2. The summed E-state index contributed by atoms with van der Waals surface area (Å²) in [5.41, 5.74) is 6.04. The minimum atomic E-state index is -1.58.